The summed E-state index contributed by atoms with van der Waals surface area (Å²) in [6.45, 7) is 1.75. The second-order valence-electron chi connectivity index (χ2n) is 7.53. The molecule has 1 fully saturated rings. The van der Waals surface area contributed by atoms with Crippen molar-refractivity contribution in [3.05, 3.63) is 36.2 Å². The molecule has 1 aliphatic carbocycles. The maximum atomic E-state index is 12.9. The van der Waals surface area contributed by atoms with Crippen LogP contribution in [0.5, 0.6) is 5.88 Å². The van der Waals surface area contributed by atoms with Gasteiger partial charge in [-0.25, -0.2) is 9.97 Å². The number of methoxy groups -OCH3 is 1. The molecule has 2 atom stereocenters. The fourth-order valence-electron chi connectivity index (χ4n) is 3.76. The van der Waals surface area contributed by atoms with Gasteiger partial charge in [0.1, 0.15) is 22.9 Å². The van der Waals surface area contributed by atoms with E-state index in [1.807, 2.05) is 6.07 Å². The van der Waals surface area contributed by atoms with Gasteiger partial charge < -0.3 is 25.8 Å². The number of nitrogens with one attached hydrogen (secondary N) is 3. The summed E-state index contributed by atoms with van der Waals surface area (Å²) in [6, 6.07) is 5.08. The van der Waals surface area contributed by atoms with Gasteiger partial charge in [-0.1, -0.05) is 0 Å². The molecule has 1 aliphatic rings. The van der Waals surface area contributed by atoms with Crippen LogP contribution in [-0.4, -0.2) is 56.4 Å². The molecule has 10 heteroatoms. The summed E-state index contributed by atoms with van der Waals surface area (Å²) in [5.74, 6) is 1.26. The van der Waals surface area contributed by atoms with Crippen molar-refractivity contribution in [2.75, 3.05) is 24.8 Å². The van der Waals surface area contributed by atoms with Gasteiger partial charge in [-0.05, 0) is 38.3 Å². The van der Waals surface area contributed by atoms with E-state index >= 15 is 0 Å². The first-order valence-electron chi connectivity index (χ1n) is 9.79. The Kier molecular flexibility index (Phi) is 5.17. The fourth-order valence-corrected chi connectivity index (χ4v) is 3.76. The molecule has 1 saturated carbocycles. The molecular weight excluding hydrogens is 386 g/mol. The van der Waals surface area contributed by atoms with Gasteiger partial charge in [0.2, 0.25) is 5.88 Å². The predicted octanol–water partition coefficient (Wildman–Crippen LogP) is 1.95. The number of hydrogen-bond donors (Lipinski definition) is 4. The molecule has 1 amide bonds. The Hall–Kier alpha value is -3.40. The molecular formula is C20H25N7O3. The lowest BCUT2D eigenvalue weighted by molar-refractivity contribution is 0.0368. The first kappa shape index (κ1) is 19.9. The minimum absolute atomic E-state index is 0.301. The smallest absolute Gasteiger partial charge is 0.257 e. The Morgan fingerprint density at radius 2 is 2.27 bits per heavy atom. The molecule has 0 unspecified atom stereocenters. The fraction of sp³-hybridized carbons (Fsp3) is 0.400. The molecule has 4 rings (SSSR count). The van der Waals surface area contributed by atoms with Crippen molar-refractivity contribution in [3.8, 4) is 5.88 Å². The lowest BCUT2D eigenvalue weighted by Crippen LogP contribution is -2.47. The highest BCUT2D eigenvalue weighted by Crippen LogP contribution is 2.30. The monoisotopic (exact) mass is 411 g/mol. The normalized spacial score (nSPS) is 20.9. The van der Waals surface area contributed by atoms with Crippen LogP contribution in [-0.2, 0) is 0 Å². The van der Waals surface area contributed by atoms with Crippen LogP contribution in [0.4, 0.5) is 17.3 Å². The summed E-state index contributed by atoms with van der Waals surface area (Å²) in [4.78, 5) is 21.7. The summed E-state index contributed by atoms with van der Waals surface area (Å²) in [5.41, 5.74) is 0.455. The van der Waals surface area contributed by atoms with Gasteiger partial charge in [0.05, 0.1) is 24.9 Å². The van der Waals surface area contributed by atoms with Crippen molar-refractivity contribution >= 4 is 28.9 Å². The maximum absolute atomic E-state index is 12.9. The Balaban J connectivity index is 1.68. The number of amides is 1. The van der Waals surface area contributed by atoms with Gasteiger partial charge in [-0.2, -0.15) is 9.61 Å². The lowest BCUT2D eigenvalue weighted by Gasteiger charge is -2.26. The highest BCUT2D eigenvalue weighted by molar-refractivity contribution is 6.00. The number of fused-ring (bicyclic) bond motifs is 1. The molecule has 3 aromatic rings. The van der Waals surface area contributed by atoms with Crippen LogP contribution in [0.15, 0.2) is 30.6 Å². The molecule has 30 heavy (non-hydrogen) atoms. The van der Waals surface area contributed by atoms with Gasteiger partial charge in [0, 0.05) is 19.3 Å². The number of rotatable bonds is 6. The van der Waals surface area contributed by atoms with E-state index in [1.54, 1.807) is 43.9 Å². The third-order valence-corrected chi connectivity index (χ3v) is 5.43. The number of aromatic nitrogens is 4. The third kappa shape index (κ3) is 3.61. The van der Waals surface area contributed by atoms with E-state index in [4.69, 9.17) is 4.74 Å². The van der Waals surface area contributed by atoms with Crippen LogP contribution in [0.1, 0.15) is 36.5 Å². The Bertz CT molecular complexity index is 1080. The van der Waals surface area contributed by atoms with Crippen LogP contribution in [0.2, 0.25) is 0 Å². The van der Waals surface area contributed by atoms with E-state index in [2.05, 4.69) is 31.0 Å². The first-order chi connectivity index (χ1) is 14.4. The summed E-state index contributed by atoms with van der Waals surface area (Å²) in [7, 11) is 3.31. The molecule has 10 nitrogen and oxygen atoms in total. The number of nitrogens with zero attached hydrogens (tertiary/aromatic N) is 4. The van der Waals surface area contributed by atoms with E-state index in [9.17, 15) is 9.90 Å². The highest BCUT2D eigenvalue weighted by atomic mass is 16.5. The number of hydrogen-bond acceptors (Lipinski definition) is 8. The van der Waals surface area contributed by atoms with Gasteiger partial charge in [-0.3, -0.25) is 4.79 Å². The van der Waals surface area contributed by atoms with Crippen molar-refractivity contribution in [3.63, 3.8) is 0 Å². The number of pyridine rings is 1. The van der Waals surface area contributed by atoms with E-state index < -0.39 is 5.60 Å². The van der Waals surface area contributed by atoms with Crippen molar-refractivity contribution < 1.29 is 14.6 Å². The first-order valence-corrected chi connectivity index (χ1v) is 9.79. The van der Waals surface area contributed by atoms with E-state index in [1.165, 1.54) is 6.20 Å². The Morgan fingerprint density at radius 1 is 1.43 bits per heavy atom. The van der Waals surface area contributed by atoms with Gasteiger partial charge in [-0.15, -0.1) is 0 Å². The van der Waals surface area contributed by atoms with Crippen molar-refractivity contribution in [2.45, 2.75) is 37.8 Å². The third-order valence-electron chi connectivity index (χ3n) is 5.43. The summed E-state index contributed by atoms with van der Waals surface area (Å²) < 4.78 is 6.84. The number of anilines is 3. The number of carbonyl (C=O) groups excluding carboxylic acids is 1. The van der Waals surface area contributed by atoms with Crippen LogP contribution in [0.25, 0.3) is 5.65 Å². The van der Waals surface area contributed by atoms with E-state index in [0.717, 1.165) is 12.8 Å². The van der Waals surface area contributed by atoms with Crippen LogP contribution in [0.3, 0.4) is 0 Å². The van der Waals surface area contributed by atoms with Crippen LogP contribution >= 0.6 is 0 Å². The average molecular weight is 411 g/mol. The van der Waals surface area contributed by atoms with Crippen molar-refractivity contribution in [1.82, 2.24) is 24.9 Å². The highest BCUT2D eigenvalue weighted by Gasteiger charge is 2.38. The molecule has 0 bridgehead atoms. The van der Waals surface area contributed by atoms with Gasteiger partial charge >= 0.3 is 0 Å². The summed E-state index contributed by atoms with van der Waals surface area (Å²) >= 11 is 0. The SMILES string of the molecule is CNc1cc(Nc2cccnc2OC)nc2c(C(=O)N[C@H]3CCC[C@@]3(C)O)cnn12. The number of aliphatic hydroxyl groups is 1. The molecule has 0 spiro atoms. The average Bonchev–Trinajstić information content (AvgIpc) is 3.30. The molecule has 0 aliphatic heterocycles. The molecule has 0 aromatic carbocycles. The quantitative estimate of drug-likeness (QED) is 0.485. The van der Waals surface area contributed by atoms with E-state index in [-0.39, 0.29) is 11.9 Å². The van der Waals surface area contributed by atoms with E-state index in [0.29, 0.717) is 40.8 Å². The summed E-state index contributed by atoms with van der Waals surface area (Å²) in [5, 5.41) is 24.0. The molecule has 4 N–H and O–H groups in total. The molecule has 0 radical (unpaired) electrons. The van der Waals surface area contributed by atoms with Crippen LogP contribution in [0, 0.1) is 0 Å². The summed E-state index contributed by atoms with van der Waals surface area (Å²) in [6.07, 6.45) is 5.39. The van der Waals surface area contributed by atoms with Crippen molar-refractivity contribution in [2.24, 2.45) is 0 Å². The molecule has 3 heterocycles. The topological polar surface area (TPSA) is 126 Å². The Morgan fingerprint density at radius 3 is 2.97 bits per heavy atom. The van der Waals surface area contributed by atoms with Gasteiger partial charge in [0.25, 0.3) is 5.91 Å². The molecule has 158 valence electrons. The zero-order valence-corrected chi connectivity index (χ0v) is 17.1. The zero-order valence-electron chi connectivity index (χ0n) is 17.1. The largest absolute Gasteiger partial charge is 0.480 e. The zero-order chi connectivity index (χ0) is 21.3. The van der Waals surface area contributed by atoms with Crippen molar-refractivity contribution in [1.29, 1.82) is 0 Å². The van der Waals surface area contributed by atoms with Crippen LogP contribution < -0.4 is 20.7 Å². The Labute approximate surface area is 173 Å². The molecule has 0 saturated heterocycles. The maximum Gasteiger partial charge on any atom is 0.257 e. The second-order valence-corrected chi connectivity index (χ2v) is 7.53. The number of carbonyl (C=O) groups is 1. The molecule has 3 aromatic heterocycles. The lowest BCUT2D eigenvalue weighted by atomic mass is 10.0. The second kappa shape index (κ2) is 7.79. The predicted molar refractivity (Wildman–Crippen MR) is 112 cm³/mol. The standard InChI is InChI=1S/C20H25N7O3/c1-20(29)8-4-7-14(20)25-18(28)12-11-23-27-16(21-2)10-15(26-17(12)27)24-13-6-5-9-22-19(13)30-3/h5-6,9-11,14,21,29H,4,7-8H2,1-3H3,(H,24,26)(H,25,28)/t14-,20+/m0/s1. The number of ether oxygens (including phenoxy) is 1. The minimum Gasteiger partial charge on any atom is -0.480 e. The van der Waals surface area contributed by atoms with Gasteiger partial charge in [0.15, 0.2) is 5.65 Å². The minimum atomic E-state index is -0.911.